The van der Waals surface area contributed by atoms with E-state index in [0.717, 1.165) is 10.5 Å². The van der Waals surface area contributed by atoms with Crippen LogP contribution in [0.5, 0.6) is 5.75 Å². The Morgan fingerprint density at radius 2 is 1.82 bits per heavy atom. The third-order valence-electron chi connectivity index (χ3n) is 4.97. The van der Waals surface area contributed by atoms with Crippen LogP contribution in [0, 0.1) is 0 Å². The predicted molar refractivity (Wildman–Crippen MR) is 126 cm³/mol. The van der Waals surface area contributed by atoms with Crippen molar-refractivity contribution in [1.82, 2.24) is 10.2 Å². The average molecular weight is 477 g/mol. The molecule has 2 aromatic carbocycles. The molecule has 1 aliphatic heterocycles. The summed E-state index contributed by atoms with van der Waals surface area (Å²) in [4.78, 5) is 39.7. The lowest BCUT2D eigenvalue weighted by Gasteiger charge is -2.14. The molecular formula is C23H16N4O4S2. The van der Waals surface area contributed by atoms with Crippen molar-refractivity contribution in [3.05, 3.63) is 76.0 Å². The van der Waals surface area contributed by atoms with Gasteiger partial charge in [-0.3, -0.25) is 19.7 Å². The number of hydrogen-bond donors (Lipinski definition) is 1. The summed E-state index contributed by atoms with van der Waals surface area (Å²) < 4.78 is 5.41. The fraction of sp³-hybridized carbons (Fsp3) is 0.0870. The number of carbonyl (C=O) groups excluding carboxylic acids is 3. The van der Waals surface area contributed by atoms with Crippen LogP contribution < -0.4 is 15.0 Å². The Balaban J connectivity index is 1.36. The number of ether oxygens (including phenoxy) is 1. The minimum absolute atomic E-state index is 0.178. The van der Waals surface area contributed by atoms with Crippen LogP contribution in [0.4, 0.5) is 10.8 Å². The van der Waals surface area contributed by atoms with Crippen molar-refractivity contribution < 1.29 is 19.1 Å². The van der Waals surface area contributed by atoms with Crippen LogP contribution in [0.2, 0.25) is 0 Å². The van der Waals surface area contributed by atoms with Crippen molar-refractivity contribution >= 4 is 51.2 Å². The molecule has 8 nitrogen and oxygen atoms in total. The summed E-state index contributed by atoms with van der Waals surface area (Å²) in [5, 5.41) is 15.7. The molecule has 0 saturated carbocycles. The lowest BCUT2D eigenvalue weighted by molar-refractivity contribution is 0.0925. The number of imide groups is 1. The predicted octanol–water partition coefficient (Wildman–Crippen LogP) is 4.72. The van der Waals surface area contributed by atoms with Gasteiger partial charge in [-0.15, -0.1) is 10.2 Å². The largest absolute Gasteiger partial charge is 0.494 e. The molecule has 0 bridgehead atoms. The number of thiophene rings is 1. The Morgan fingerprint density at radius 1 is 1.03 bits per heavy atom. The highest BCUT2D eigenvalue weighted by Gasteiger charge is 2.37. The minimum Gasteiger partial charge on any atom is -0.494 e. The molecule has 4 aromatic rings. The van der Waals surface area contributed by atoms with Crippen molar-refractivity contribution in [2.45, 2.75) is 6.92 Å². The van der Waals surface area contributed by atoms with E-state index in [2.05, 4.69) is 15.5 Å². The number of carbonyl (C=O) groups is 3. The Hall–Kier alpha value is -3.89. The smallest absolute Gasteiger partial charge is 0.266 e. The number of rotatable bonds is 6. The van der Waals surface area contributed by atoms with E-state index in [1.807, 2.05) is 23.8 Å². The van der Waals surface area contributed by atoms with Gasteiger partial charge in [0.05, 0.1) is 23.4 Å². The third-order valence-corrected chi connectivity index (χ3v) is 6.54. The molecule has 0 aliphatic carbocycles. The Labute approximate surface area is 196 Å². The number of benzene rings is 2. The first kappa shape index (κ1) is 21.0. The molecule has 0 unspecified atom stereocenters. The molecule has 3 heterocycles. The van der Waals surface area contributed by atoms with Gasteiger partial charge < -0.3 is 4.74 Å². The van der Waals surface area contributed by atoms with Crippen LogP contribution >= 0.6 is 22.7 Å². The zero-order valence-corrected chi connectivity index (χ0v) is 18.9. The molecule has 3 amide bonds. The molecule has 1 N–H and O–H groups in total. The molecule has 164 valence electrons. The van der Waals surface area contributed by atoms with Crippen LogP contribution in [0.1, 0.15) is 38.0 Å². The molecular weight excluding hydrogens is 460 g/mol. The van der Waals surface area contributed by atoms with Crippen molar-refractivity contribution in [2.75, 3.05) is 16.8 Å². The molecule has 2 aromatic heterocycles. The molecule has 0 spiro atoms. The minimum atomic E-state index is -0.482. The zero-order valence-electron chi connectivity index (χ0n) is 17.3. The second kappa shape index (κ2) is 8.57. The van der Waals surface area contributed by atoms with Crippen LogP contribution in [-0.4, -0.2) is 34.5 Å². The van der Waals surface area contributed by atoms with Gasteiger partial charge in [0.2, 0.25) is 5.13 Å². The Morgan fingerprint density at radius 3 is 2.55 bits per heavy atom. The number of nitrogens with zero attached hydrogens (tertiary/aromatic N) is 3. The monoisotopic (exact) mass is 476 g/mol. The highest BCUT2D eigenvalue weighted by molar-refractivity contribution is 7.19. The lowest BCUT2D eigenvalue weighted by Crippen LogP contribution is -2.29. The topological polar surface area (TPSA) is 101 Å². The third kappa shape index (κ3) is 3.90. The molecule has 1 aliphatic rings. The van der Waals surface area contributed by atoms with E-state index in [4.69, 9.17) is 4.74 Å². The molecule has 0 fully saturated rings. The second-order valence-electron chi connectivity index (χ2n) is 7.01. The number of aromatic nitrogens is 2. The standard InChI is InChI=1S/C23H16N4O4S2/c1-2-31-16-6-4-15(5-7-16)27-21(29)17-8-3-13(11-18(17)22(27)30)19(28)24-23-26-25-20(33-23)14-9-10-32-12-14/h3-12H,2H2,1H3,(H,24,26,28). The van der Waals surface area contributed by atoms with E-state index in [0.29, 0.717) is 28.2 Å². The quantitative estimate of drug-likeness (QED) is 0.404. The molecule has 33 heavy (non-hydrogen) atoms. The lowest BCUT2D eigenvalue weighted by atomic mass is 10.1. The van der Waals surface area contributed by atoms with Crippen molar-refractivity contribution in [1.29, 1.82) is 0 Å². The summed E-state index contributed by atoms with van der Waals surface area (Å²) in [6.07, 6.45) is 0. The van der Waals surface area contributed by atoms with Crippen molar-refractivity contribution in [3.8, 4) is 16.3 Å². The van der Waals surface area contributed by atoms with E-state index >= 15 is 0 Å². The fourth-order valence-corrected chi connectivity index (χ4v) is 4.87. The number of fused-ring (bicyclic) bond motifs is 1. The highest BCUT2D eigenvalue weighted by atomic mass is 32.1. The van der Waals surface area contributed by atoms with E-state index < -0.39 is 17.7 Å². The highest BCUT2D eigenvalue weighted by Crippen LogP contribution is 2.31. The van der Waals surface area contributed by atoms with Crippen LogP contribution in [0.25, 0.3) is 10.6 Å². The summed E-state index contributed by atoms with van der Waals surface area (Å²) in [5.41, 5.74) is 2.05. The summed E-state index contributed by atoms with van der Waals surface area (Å²) in [5.74, 6) is -0.707. The van der Waals surface area contributed by atoms with Crippen LogP contribution in [0.15, 0.2) is 59.3 Å². The molecule has 5 rings (SSSR count). The van der Waals surface area contributed by atoms with Crippen molar-refractivity contribution in [3.63, 3.8) is 0 Å². The van der Waals surface area contributed by atoms with Crippen molar-refractivity contribution in [2.24, 2.45) is 0 Å². The first-order valence-electron chi connectivity index (χ1n) is 9.98. The number of amides is 3. The van der Waals surface area contributed by atoms with Crippen LogP contribution in [0.3, 0.4) is 0 Å². The second-order valence-corrected chi connectivity index (χ2v) is 8.77. The maximum Gasteiger partial charge on any atom is 0.266 e. The molecule has 0 radical (unpaired) electrons. The average Bonchev–Trinajstić information content (AvgIpc) is 3.56. The maximum atomic E-state index is 13.0. The molecule has 0 atom stereocenters. The van der Waals surface area contributed by atoms with E-state index in [1.54, 1.807) is 35.6 Å². The fourth-order valence-electron chi connectivity index (χ4n) is 3.42. The number of hydrogen-bond acceptors (Lipinski definition) is 8. The van der Waals surface area contributed by atoms with Gasteiger partial charge in [-0.25, -0.2) is 4.90 Å². The van der Waals surface area contributed by atoms with Gasteiger partial charge in [-0.1, -0.05) is 11.3 Å². The maximum absolute atomic E-state index is 13.0. The zero-order chi connectivity index (χ0) is 22.9. The summed E-state index contributed by atoms with van der Waals surface area (Å²) in [6, 6.07) is 13.1. The molecule has 10 heteroatoms. The Bertz CT molecular complexity index is 1360. The SMILES string of the molecule is CCOc1ccc(N2C(=O)c3ccc(C(=O)Nc4nnc(-c5ccsc5)s4)cc3C2=O)cc1. The van der Waals surface area contributed by atoms with Gasteiger partial charge in [0.15, 0.2) is 0 Å². The number of anilines is 2. The van der Waals surface area contributed by atoms with Gasteiger partial charge in [0.1, 0.15) is 10.8 Å². The first-order chi connectivity index (χ1) is 16.0. The van der Waals surface area contributed by atoms with Gasteiger partial charge in [0.25, 0.3) is 17.7 Å². The van der Waals surface area contributed by atoms with Gasteiger partial charge in [-0.2, -0.15) is 11.3 Å². The molecule has 0 saturated heterocycles. The summed E-state index contributed by atoms with van der Waals surface area (Å²) in [6.45, 7) is 2.39. The van der Waals surface area contributed by atoms with E-state index in [-0.39, 0.29) is 16.7 Å². The van der Waals surface area contributed by atoms with Crippen LogP contribution in [-0.2, 0) is 0 Å². The van der Waals surface area contributed by atoms with E-state index in [9.17, 15) is 14.4 Å². The number of nitrogens with one attached hydrogen (secondary N) is 1. The summed E-state index contributed by atoms with van der Waals surface area (Å²) in [7, 11) is 0. The van der Waals surface area contributed by atoms with Gasteiger partial charge in [-0.05, 0) is 60.8 Å². The normalized spacial score (nSPS) is 12.7. The van der Waals surface area contributed by atoms with Gasteiger partial charge >= 0.3 is 0 Å². The van der Waals surface area contributed by atoms with Gasteiger partial charge in [0, 0.05) is 16.5 Å². The summed E-state index contributed by atoms with van der Waals surface area (Å²) >= 11 is 2.80. The van der Waals surface area contributed by atoms with E-state index in [1.165, 1.54) is 29.5 Å². The first-order valence-corrected chi connectivity index (χ1v) is 11.7. The Kier molecular flexibility index (Phi) is 5.45.